The summed E-state index contributed by atoms with van der Waals surface area (Å²) >= 11 is 0. The Morgan fingerprint density at radius 2 is 2.26 bits per heavy atom. The van der Waals surface area contributed by atoms with E-state index in [-0.39, 0.29) is 12.6 Å². The van der Waals surface area contributed by atoms with Gasteiger partial charge in [0.25, 0.3) is 0 Å². The minimum absolute atomic E-state index is 0.264. The minimum atomic E-state index is -0.487. The Balaban J connectivity index is 2.33. The van der Waals surface area contributed by atoms with Crippen LogP contribution in [0, 0.1) is 5.92 Å². The molecular formula is C13H24N4O2. The van der Waals surface area contributed by atoms with Crippen molar-refractivity contribution in [2.45, 2.75) is 46.3 Å². The van der Waals surface area contributed by atoms with Gasteiger partial charge < -0.3 is 15.7 Å². The fraction of sp³-hybridized carbons (Fsp3) is 0.692. The number of hydrogen-bond acceptors (Lipinski definition) is 3. The van der Waals surface area contributed by atoms with Crippen molar-refractivity contribution in [3.05, 3.63) is 12.4 Å². The van der Waals surface area contributed by atoms with Crippen LogP contribution in [0.2, 0.25) is 0 Å². The molecule has 19 heavy (non-hydrogen) atoms. The monoisotopic (exact) mass is 268 g/mol. The molecule has 1 unspecified atom stereocenters. The van der Waals surface area contributed by atoms with E-state index in [0.717, 1.165) is 13.0 Å². The van der Waals surface area contributed by atoms with E-state index in [9.17, 15) is 9.90 Å². The van der Waals surface area contributed by atoms with Crippen LogP contribution in [0.1, 0.15) is 33.6 Å². The maximum Gasteiger partial charge on any atom is 0.319 e. The van der Waals surface area contributed by atoms with E-state index in [1.807, 2.05) is 6.92 Å². The third-order valence-corrected chi connectivity index (χ3v) is 2.56. The summed E-state index contributed by atoms with van der Waals surface area (Å²) in [4.78, 5) is 11.6. The minimum Gasteiger partial charge on any atom is -0.391 e. The fourth-order valence-corrected chi connectivity index (χ4v) is 1.72. The van der Waals surface area contributed by atoms with Crippen LogP contribution in [0.5, 0.6) is 0 Å². The van der Waals surface area contributed by atoms with Crippen molar-refractivity contribution in [1.82, 2.24) is 15.1 Å². The van der Waals surface area contributed by atoms with E-state index < -0.39 is 6.10 Å². The lowest BCUT2D eigenvalue weighted by Gasteiger charge is -2.10. The number of urea groups is 1. The van der Waals surface area contributed by atoms with Crippen LogP contribution >= 0.6 is 0 Å². The number of aliphatic hydroxyl groups excluding tert-OH is 1. The highest BCUT2D eigenvalue weighted by molar-refractivity contribution is 5.88. The Morgan fingerprint density at radius 3 is 2.89 bits per heavy atom. The van der Waals surface area contributed by atoms with E-state index in [0.29, 0.717) is 18.0 Å². The summed E-state index contributed by atoms with van der Waals surface area (Å²) in [5, 5.41) is 19.0. The maximum absolute atomic E-state index is 11.6. The number of aliphatic hydroxyl groups is 1. The van der Waals surface area contributed by atoms with Gasteiger partial charge in [0.2, 0.25) is 0 Å². The van der Waals surface area contributed by atoms with E-state index in [1.54, 1.807) is 17.1 Å². The summed E-state index contributed by atoms with van der Waals surface area (Å²) in [6, 6.07) is -0.320. The van der Waals surface area contributed by atoms with Gasteiger partial charge in [-0.05, 0) is 12.3 Å². The van der Waals surface area contributed by atoms with Gasteiger partial charge in [0.1, 0.15) is 0 Å². The third kappa shape index (κ3) is 6.24. The molecular weight excluding hydrogens is 244 g/mol. The molecule has 6 nitrogen and oxygen atoms in total. The Morgan fingerprint density at radius 1 is 1.53 bits per heavy atom. The molecule has 3 N–H and O–H groups in total. The van der Waals surface area contributed by atoms with Gasteiger partial charge in [0, 0.05) is 19.3 Å². The summed E-state index contributed by atoms with van der Waals surface area (Å²) in [6.45, 7) is 7.29. The van der Waals surface area contributed by atoms with Gasteiger partial charge in [-0.2, -0.15) is 5.10 Å². The molecule has 0 spiro atoms. The van der Waals surface area contributed by atoms with Crippen molar-refractivity contribution in [2.75, 3.05) is 11.9 Å². The SMILES string of the molecule is CCCC(O)CNC(=O)Nc1cnn(CC(C)C)c1. The zero-order chi connectivity index (χ0) is 14.3. The van der Waals surface area contributed by atoms with E-state index in [1.165, 1.54) is 0 Å². The van der Waals surface area contributed by atoms with Crippen molar-refractivity contribution >= 4 is 11.7 Å². The molecule has 0 aliphatic carbocycles. The summed E-state index contributed by atoms with van der Waals surface area (Å²) in [6.07, 6.45) is 4.50. The summed E-state index contributed by atoms with van der Waals surface area (Å²) in [5.74, 6) is 0.505. The molecule has 1 aromatic heterocycles. The number of amides is 2. The summed E-state index contributed by atoms with van der Waals surface area (Å²) in [5.41, 5.74) is 0.656. The number of carbonyl (C=O) groups excluding carboxylic acids is 1. The molecule has 2 amide bonds. The van der Waals surface area contributed by atoms with Gasteiger partial charge in [0.15, 0.2) is 0 Å². The molecule has 0 saturated carbocycles. The average Bonchev–Trinajstić information content (AvgIpc) is 2.73. The Labute approximate surface area is 114 Å². The fourth-order valence-electron chi connectivity index (χ4n) is 1.72. The number of carbonyl (C=O) groups is 1. The smallest absolute Gasteiger partial charge is 0.319 e. The van der Waals surface area contributed by atoms with Crippen LogP contribution in [0.15, 0.2) is 12.4 Å². The molecule has 0 aliphatic rings. The standard InChI is InChI=1S/C13H24N4O2/c1-4-5-12(18)7-14-13(19)16-11-6-15-17(9-11)8-10(2)3/h6,9-10,12,18H,4-5,7-8H2,1-3H3,(H2,14,16,19). The van der Waals surface area contributed by atoms with Crippen LogP contribution in [0.3, 0.4) is 0 Å². The molecule has 0 aliphatic heterocycles. The number of anilines is 1. The van der Waals surface area contributed by atoms with Crippen molar-refractivity contribution < 1.29 is 9.90 Å². The predicted molar refractivity (Wildman–Crippen MR) is 75.0 cm³/mol. The number of hydrogen-bond donors (Lipinski definition) is 3. The predicted octanol–water partition coefficient (Wildman–Crippen LogP) is 1.82. The topological polar surface area (TPSA) is 79.2 Å². The second-order valence-corrected chi connectivity index (χ2v) is 5.12. The first-order chi connectivity index (χ1) is 9.01. The zero-order valence-electron chi connectivity index (χ0n) is 11.9. The van der Waals surface area contributed by atoms with Gasteiger partial charge in [-0.15, -0.1) is 0 Å². The lowest BCUT2D eigenvalue weighted by Crippen LogP contribution is -2.35. The molecule has 1 aromatic rings. The summed E-state index contributed by atoms with van der Waals surface area (Å²) in [7, 11) is 0. The molecule has 0 fully saturated rings. The largest absolute Gasteiger partial charge is 0.391 e. The maximum atomic E-state index is 11.6. The molecule has 1 rings (SSSR count). The van der Waals surface area contributed by atoms with Crippen molar-refractivity contribution in [2.24, 2.45) is 5.92 Å². The highest BCUT2D eigenvalue weighted by Gasteiger charge is 2.07. The van der Waals surface area contributed by atoms with Crippen LogP contribution in [0.25, 0.3) is 0 Å². The van der Waals surface area contributed by atoms with Crippen LogP contribution in [-0.4, -0.2) is 33.6 Å². The quantitative estimate of drug-likeness (QED) is 0.705. The Hall–Kier alpha value is -1.56. The van der Waals surface area contributed by atoms with Crippen LogP contribution in [-0.2, 0) is 6.54 Å². The first kappa shape index (κ1) is 15.5. The van der Waals surface area contributed by atoms with Crippen LogP contribution in [0.4, 0.5) is 10.5 Å². The molecule has 1 heterocycles. The lowest BCUT2D eigenvalue weighted by molar-refractivity contribution is 0.162. The second kappa shape index (κ2) is 7.78. The van der Waals surface area contributed by atoms with Crippen molar-refractivity contribution in [3.8, 4) is 0 Å². The van der Waals surface area contributed by atoms with E-state index >= 15 is 0 Å². The van der Waals surface area contributed by atoms with Gasteiger partial charge in [-0.1, -0.05) is 27.2 Å². The van der Waals surface area contributed by atoms with Gasteiger partial charge in [-0.3, -0.25) is 4.68 Å². The average molecular weight is 268 g/mol. The number of nitrogens with one attached hydrogen (secondary N) is 2. The second-order valence-electron chi connectivity index (χ2n) is 5.12. The Bertz CT molecular complexity index is 390. The third-order valence-electron chi connectivity index (χ3n) is 2.56. The number of rotatable bonds is 7. The van der Waals surface area contributed by atoms with Crippen LogP contribution < -0.4 is 10.6 Å². The zero-order valence-corrected chi connectivity index (χ0v) is 11.9. The number of aromatic nitrogens is 2. The first-order valence-electron chi connectivity index (χ1n) is 6.76. The summed E-state index contributed by atoms with van der Waals surface area (Å²) < 4.78 is 1.80. The van der Waals surface area contributed by atoms with E-state index in [2.05, 4.69) is 29.6 Å². The lowest BCUT2D eigenvalue weighted by atomic mass is 10.2. The van der Waals surface area contributed by atoms with Gasteiger partial charge >= 0.3 is 6.03 Å². The first-order valence-corrected chi connectivity index (χ1v) is 6.76. The van der Waals surface area contributed by atoms with E-state index in [4.69, 9.17) is 0 Å². The molecule has 108 valence electrons. The number of nitrogens with zero attached hydrogens (tertiary/aromatic N) is 2. The van der Waals surface area contributed by atoms with Gasteiger partial charge in [0.05, 0.1) is 18.0 Å². The highest BCUT2D eigenvalue weighted by Crippen LogP contribution is 2.06. The van der Waals surface area contributed by atoms with Crippen molar-refractivity contribution in [1.29, 1.82) is 0 Å². The molecule has 0 aromatic carbocycles. The van der Waals surface area contributed by atoms with Gasteiger partial charge in [-0.25, -0.2) is 4.79 Å². The Kier molecular flexibility index (Phi) is 6.35. The highest BCUT2D eigenvalue weighted by atomic mass is 16.3. The molecule has 6 heteroatoms. The van der Waals surface area contributed by atoms with Crippen molar-refractivity contribution in [3.63, 3.8) is 0 Å². The molecule has 1 atom stereocenters. The molecule has 0 saturated heterocycles. The molecule has 0 radical (unpaired) electrons. The molecule has 0 bridgehead atoms. The normalized spacial score (nSPS) is 12.5.